The zero-order valence-electron chi connectivity index (χ0n) is 19.8. The second kappa shape index (κ2) is 12.1. The van der Waals surface area contributed by atoms with Crippen molar-refractivity contribution < 1.29 is 24.2 Å². The van der Waals surface area contributed by atoms with Crippen molar-refractivity contribution in [3.63, 3.8) is 0 Å². The third-order valence-corrected chi connectivity index (χ3v) is 4.60. The lowest BCUT2D eigenvalue weighted by Gasteiger charge is -2.30. The third-order valence-electron chi connectivity index (χ3n) is 4.60. The van der Waals surface area contributed by atoms with Crippen molar-refractivity contribution in [3.8, 4) is 12.5 Å². The number of benzene rings is 1. The van der Waals surface area contributed by atoms with Crippen LogP contribution in [0.15, 0.2) is 18.2 Å². The van der Waals surface area contributed by atoms with Crippen molar-refractivity contribution in [1.29, 1.82) is 0 Å². The Kier molecular flexibility index (Phi) is 10.2. The standard InChI is InChI=1S/C24H35N3O5/c1-8-10-13-25-21(29)20(18-12-11-16(3)14-17(18)4)27(9-2)22(30)19(15-28)26-23(31)32-24(5,6)7/h2,11-12,14,19-20,28H,8,10,13,15H2,1,3-7H3,(H,25,29)(H,26,31). The molecule has 0 heterocycles. The van der Waals surface area contributed by atoms with Gasteiger partial charge in [-0.15, -0.1) is 0 Å². The van der Waals surface area contributed by atoms with Crippen molar-refractivity contribution >= 4 is 17.9 Å². The largest absolute Gasteiger partial charge is 0.444 e. The number of hydrogen-bond donors (Lipinski definition) is 3. The van der Waals surface area contributed by atoms with Crippen LogP contribution >= 0.6 is 0 Å². The molecule has 8 nitrogen and oxygen atoms in total. The molecule has 32 heavy (non-hydrogen) atoms. The van der Waals surface area contributed by atoms with Gasteiger partial charge in [0.05, 0.1) is 6.61 Å². The minimum absolute atomic E-state index is 0.433. The Balaban J connectivity index is 3.28. The Morgan fingerprint density at radius 2 is 1.91 bits per heavy atom. The summed E-state index contributed by atoms with van der Waals surface area (Å²) in [5, 5.41) is 14.9. The lowest BCUT2D eigenvalue weighted by Crippen LogP contribution is -2.53. The molecule has 0 bridgehead atoms. The number of hydrogen-bond acceptors (Lipinski definition) is 5. The van der Waals surface area contributed by atoms with Gasteiger partial charge in [0.2, 0.25) is 5.91 Å². The Morgan fingerprint density at radius 1 is 1.25 bits per heavy atom. The lowest BCUT2D eigenvalue weighted by molar-refractivity contribution is -0.139. The molecular weight excluding hydrogens is 410 g/mol. The summed E-state index contributed by atoms with van der Waals surface area (Å²) in [6, 6.07) is 5.24. The van der Waals surface area contributed by atoms with Gasteiger partial charge in [0.1, 0.15) is 17.7 Å². The van der Waals surface area contributed by atoms with Gasteiger partial charge in [-0.3, -0.25) is 14.5 Å². The van der Waals surface area contributed by atoms with Crippen LogP contribution in [0.25, 0.3) is 0 Å². The molecule has 2 unspecified atom stereocenters. The quantitative estimate of drug-likeness (QED) is 0.308. The van der Waals surface area contributed by atoms with Gasteiger partial charge in [0, 0.05) is 12.6 Å². The fourth-order valence-corrected chi connectivity index (χ4v) is 3.08. The number of unbranched alkanes of at least 4 members (excludes halogenated alkanes) is 1. The molecule has 3 amide bonds. The van der Waals surface area contributed by atoms with Gasteiger partial charge in [0.25, 0.3) is 5.91 Å². The predicted molar refractivity (Wildman–Crippen MR) is 122 cm³/mol. The van der Waals surface area contributed by atoms with Crippen LogP contribution in [0.4, 0.5) is 4.79 Å². The van der Waals surface area contributed by atoms with Crippen LogP contribution in [-0.4, -0.2) is 52.7 Å². The van der Waals surface area contributed by atoms with Crippen molar-refractivity contribution in [2.75, 3.05) is 13.2 Å². The molecule has 0 aliphatic heterocycles. The topological polar surface area (TPSA) is 108 Å². The summed E-state index contributed by atoms with van der Waals surface area (Å²) in [7, 11) is 0. The SMILES string of the molecule is C#CN(C(=O)C(CO)NC(=O)OC(C)(C)C)C(C(=O)NCCCC)c1ccc(C)cc1C. The van der Waals surface area contributed by atoms with E-state index in [0.717, 1.165) is 28.9 Å². The molecule has 0 spiro atoms. The molecule has 0 fully saturated rings. The van der Waals surface area contributed by atoms with E-state index in [1.807, 2.05) is 32.9 Å². The highest BCUT2D eigenvalue weighted by Gasteiger charge is 2.36. The number of carbonyl (C=O) groups is 3. The Labute approximate surface area is 190 Å². The summed E-state index contributed by atoms with van der Waals surface area (Å²) in [4.78, 5) is 39.4. The van der Waals surface area contributed by atoms with Gasteiger partial charge in [-0.1, -0.05) is 43.5 Å². The molecule has 0 aliphatic rings. The number of nitrogens with zero attached hydrogens (tertiary/aromatic N) is 1. The molecule has 3 N–H and O–H groups in total. The van der Waals surface area contributed by atoms with Crippen LogP contribution in [0.2, 0.25) is 0 Å². The molecule has 0 radical (unpaired) electrons. The molecule has 0 saturated heterocycles. The second-order valence-electron chi connectivity index (χ2n) is 8.63. The first-order valence-electron chi connectivity index (χ1n) is 10.7. The summed E-state index contributed by atoms with van der Waals surface area (Å²) in [5.41, 5.74) is 1.55. The monoisotopic (exact) mass is 445 g/mol. The molecule has 1 aromatic rings. The zero-order chi connectivity index (χ0) is 24.5. The van der Waals surface area contributed by atoms with Crippen LogP contribution in [0, 0.1) is 26.3 Å². The van der Waals surface area contributed by atoms with Gasteiger partial charge >= 0.3 is 6.09 Å². The maximum Gasteiger partial charge on any atom is 0.408 e. The minimum atomic E-state index is -1.38. The number of alkyl carbamates (subject to hydrolysis) is 1. The molecule has 176 valence electrons. The predicted octanol–water partition coefficient (Wildman–Crippen LogP) is 2.57. The third kappa shape index (κ3) is 7.89. The average molecular weight is 446 g/mol. The van der Waals surface area contributed by atoms with E-state index in [1.165, 1.54) is 0 Å². The highest BCUT2D eigenvalue weighted by atomic mass is 16.6. The molecule has 8 heteroatoms. The molecule has 0 aromatic heterocycles. The maximum absolute atomic E-state index is 13.2. The summed E-state index contributed by atoms with van der Waals surface area (Å²) >= 11 is 0. The number of terminal acetylenes is 1. The first kappa shape index (κ1) is 27.0. The van der Waals surface area contributed by atoms with Crippen molar-refractivity contribution in [2.24, 2.45) is 0 Å². The summed E-state index contributed by atoms with van der Waals surface area (Å²) < 4.78 is 5.16. The number of ether oxygens (including phenoxy) is 1. The number of aryl methyl sites for hydroxylation is 2. The summed E-state index contributed by atoms with van der Waals surface area (Å²) in [6.07, 6.45) is 6.44. The first-order valence-corrected chi connectivity index (χ1v) is 10.7. The number of amides is 3. The van der Waals surface area contributed by atoms with Crippen LogP contribution in [0.1, 0.15) is 63.3 Å². The van der Waals surface area contributed by atoms with E-state index in [0.29, 0.717) is 12.1 Å². The smallest absolute Gasteiger partial charge is 0.408 e. The van der Waals surface area contributed by atoms with Crippen molar-refractivity contribution in [3.05, 3.63) is 34.9 Å². The minimum Gasteiger partial charge on any atom is -0.444 e. The van der Waals surface area contributed by atoms with Gasteiger partial charge in [-0.25, -0.2) is 4.79 Å². The van der Waals surface area contributed by atoms with E-state index in [4.69, 9.17) is 11.2 Å². The zero-order valence-corrected chi connectivity index (χ0v) is 19.8. The summed E-state index contributed by atoms with van der Waals surface area (Å²) in [6.45, 7) is 10.5. The molecule has 0 saturated carbocycles. The molecular formula is C24H35N3O5. The first-order chi connectivity index (χ1) is 14.9. The van der Waals surface area contributed by atoms with E-state index in [2.05, 4.69) is 16.7 Å². The second-order valence-corrected chi connectivity index (χ2v) is 8.63. The Bertz CT molecular complexity index is 854. The van der Waals surface area contributed by atoms with E-state index < -0.39 is 42.2 Å². The highest BCUT2D eigenvalue weighted by Crippen LogP contribution is 2.26. The number of rotatable bonds is 9. The molecule has 1 aromatic carbocycles. The number of aliphatic hydroxyl groups is 1. The van der Waals surface area contributed by atoms with Gasteiger partial charge in [-0.05, 0) is 52.2 Å². The lowest BCUT2D eigenvalue weighted by atomic mass is 9.97. The number of carbonyl (C=O) groups excluding carboxylic acids is 3. The van der Waals surface area contributed by atoms with Gasteiger partial charge in [0.15, 0.2) is 0 Å². The molecule has 2 atom stereocenters. The van der Waals surface area contributed by atoms with E-state index in [1.54, 1.807) is 26.8 Å². The van der Waals surface area contributed by atoms with E-state index in [-0.39, 0.29) is 0 Å². The molecule has 1 rings (SSSR count). The molecule has 0 aliphatic carbocycles. The fourth-order valence-electron chi connectivity index (χ4n) is 3.08. The normalized spacial score (nSPS) is 12.8. The number of nitrogens with one attached hydrogen (secondary N) is 2. The Hall–Kier alpha value is -3.05. The van der Waals surface area contributed by atoms with Crippen LogP contribution in [0.5, 0.6) is 0 Å². The van der Waals surface area contributed by atoms with Crippen molar-refractivity contribution in [1.82, 2.24) is 15.5 Å². The Morgan fingerprint density at radius 3 is 2.41 bits per heavy atom. The van der Waals surface area contributed by atoms with E-state index >= 15 is 0 Å². The fraction of sp³-hybridized carbons (Fsp3) is 0.542. The maximum atomic E-state index is 13.2. The van der Waals surface area contributed by atoms with E-state index in [9.17, 15) is 19.5 Å². The van der Waals surface area contributed by atoms with Crippen molar-refractivity contribution in [2.45, 2.75) is 72.1 Å². The van der Waals surface area contributed by atoms with Gasteiger partial charge in [-0.2, -0.15) is 0 Å². The van der Waals surface area contributed by atoms with Crippen LogP contribution in [0.3, 0.4) is 0 Å². The highest BCUT2D eigenvalue weighted by molar-refractivity contribution is 5.93. The average Bonchev–Trinajstić information content (AvgIpc) is 2.69. The van der Waals surface area contributed by atoms with Crippen LogP contribution < -0.4 is 10.6 Å². The van der Waals surface area contributed by atoms with Gasteiger partial charge < -0.3 is 20.5 Å². The number of aliphatic hydroxyl groups excluding tert-OH is 1. The van der Waals surface area contributed by atoms with Crippen LogP contribution in [-0.2, 0) is 14.3 Å². The summed E-state index contributed by atoms with van der Waals surface area (Å²) in [5.74, 6) is -1.23.